The smallest absolute Gasteiger partial charge is 0.307 e. The average molecular weight is 307 g/mol. The van der Waals surface area contributed by atoms with Gasteiger partial charge in [0.15, 0.2) is 0 Å². The summed E-state index contributed by atoms with van der Waals surface area (Å²) in [5.41, 5.74) is 0. The molecule has 5 heteroatoms. The van der Waals surface area contributed by atoms with E-state index in [1.54, 1.807) is 11.3 Å². The highest BCUT2D eigenvalue weighted by molar-refractivity contribution is 7.10. The molecule has 1 amide bonds. The summed E-state index contributed by atoms with van der Waals surface area (Å²) in [4.78, 5) is 27.5. The van der Waals surface area contributed by atoms with Gasteiger partial charge in [0.25, 0.3) is 0 Å². The summed E-state index contributed by atoms with van der Waals surface area (Å²) in [6.07, 6.45) is 5.27. The molecule has 21 heavy (non-hydrogen) atoms. The van der Waals surface area contributed by atoms with Crippen molar-refractivity contribution in [3.05, 3.63) is 22.4 Å². The number of aliphatic carboxylic acids is 1. The maximum atomic E-state index is 12.9. The van der Waals surface area contributed by atoms with Gasteiger partial charge in [0, 0.05) is 11.4 Å². The molecule has 1 saturated carbocycles. The first kappa shape index (κ1) is 14.6. The molecule has 1 aliphatic heterocycles. The van der Waals surface area contributed by atoms with Gasteiger partial charge in [-0.25, -0.2) is 0 Å². The molecule has 1 aliphatic carbocycles. The third-order valence-corrected chi connectivity index (χ3v) is 5.78. The van der Waals surface area contributed by atoms with E-state index < -0.39 is 11.9 Å². The highest BCUT2D eigenvalue weighted by Gasteiger charge is 2.41. The van der Waals surface area contributed by atoms with E-state index in [4.69, 9.17) is 0 Å². The number of amides is 1. The minimum atomic E-state index is -0.806. The van der Waals surface area contributed by atoms with E-state index in [1.165, 1.54) is 4.88 Å². The van der Waals surface area contributed by atoms with Crippen molar-refractivity contribution in [2.75, 3.05) is 6.54 Å². The van der Waals surface area contributed by atoms with E-state index in [9.17, 15) is 14.7 Å². The maximum absolute atomic E-state index is 12.9. The molecular weight excluding hydrogens is 286 g/mol. The van der Waals surface area contributed by atoms with Gasteiger partial charge < -0.3 is 10.0 Å². The Morgan fingerprint density at radius 3 is 2.57 bits per heavy atom. The number of rotatable bonds is 3. The van der Waals surface area contributed by atoms with Crippen LogP contribution in [0.15, 0.2) is 17.5 Å². The zero-order valence-electron chi connectivity index (χ0n) is 12.0. The number of carbonyl (C=O) groups excluding carboxylic acids is 1. The predicted octanol–water partition coefficient (Wildman–Crippen LogP) is 3.30. The molecule has 1 aromatic rings. The van der Waals surface area contributed by atoms with Crippen molar-refractivity contribution in [3.8, 4) is 0 Å². The third kappa shape index (κ3) is 2.84. The van der Waals surface area contributed by atoms with E-state index in [-0.39, 0.29) is 17.9 Å². The fourth-order valence-electron chi connectivity index (χ4n) is 3.74. The Balaban J connectivity index is 1.78. The summed E-state index contributed by atoms with van der Waals surface area (Å²) in [5.74, 6) is -1.55. The van der Waals surface area contributed by atoms with Crippen LogP contribution in [0.2, 0.25) is 0 Å². The summed E-state index contributed by atoms with van der Waals surface area (Å²) in [7, 11) is 0. The van der Waals surface area contributed by atoms with Crippen LogP contribution in [-0.4, -0.2) is 28.4 Å². The molecule has 3 rings (SSSR count). The van der Waals surface area contributed by atoms with Gasteiger partial charge in [0.2, 0.25) is 5.91 Å². The topological polar surface area (TPSA) is 57.6 Å². The van der Waals surface area contributed by atoms with E-state index in [1.807, 2.05) is 16.3 Å². The zero-order valence-corrected chi connectivity index (χ0v) is 12.8. The number of carbonyl (C=O) groups is 2. The highest BCUT2D eigenvalue weighted by Crippen LogP contribution is 2.39. The Morgan fingerprint density at radius 1 is 1.14 bits per heavy atom. The monoisotopic (exact) mass is 307 g/mol. The summed E-state index contributed by atoms with van der Waals surface area (Å²) in [6.45, 7) is 0.768. The van der Waals surface area contributed by atoms with E-state index >= 15 is 0 Å². The number of thiophene rings is 1. The second-order valence-electron chi connectivity index (χ2n) is 6.04. The number of likely N-dealkylation sites (tertiary alicyclic amines) is 1. The number of nitrogens with zero attached hydrogens (tertiary/aromatic N) is 1. The third-order valence-electron chi connectivity index (χ3n) is 4.81. The fourth-order valence-corrected chi connectivity index (χ4v) is 4.62. The number of carboxylic acids is 1. The van der Waals surface area contributed by atoms with Crippen molar-refractivity contribution in [2.45, 2.75) is 44.6 Å². The van der Waals surface area contributed by atoms with E-state index in [0.717, 1.165) is 38.6 Å². The minimum absolute atomic E-state index is 0.0676. The van der Waals surface area contributed by atoms with Crippen LogP contribution in [0.25, 0.3) is 0 Å². The Morgan fingerprint density at radius 2 is 1.90 bits per heavy atom. The molecule has 1 aromatic heterocycles. The average Bonchev–Trinajstić information content (AvgIpc) is 3.16. The molecule has 0 bridgehead atoms. The van der Waals surface area contributed by atoms with Crippen LogP contribution >= 0.6 is 11.3 Å². The van der Waals surface area contributed by atoms with Crippen molar-refractivity contribution < 1.29 is 14.7 Å². The first-order valence-electron chi connectivity index (χ1n) is 7.75. The molecule has 4 nitrogen and oxygen atoms in total. The van der Waals surface area contributed by atoms with Crippen molar-refractivity contribution in [3.63, 3.8) is 0 Å². The first-order chi connectivity index (χ1) is 10.2. The largest absolute Gasteiger partial charge is 0.481 e. The molecule has 2 heterocycles. The van der Waals surface area contributed by atoms with Gasteiger partial charge in [0.1, 0.15) is 0 Å². The quantitative estimate of drug-likeness (QED) is 0.932. The van der Waals surface area contributed by atoms with Crippen LogP contribution in [0.1, 0.15) is 49.4 Å². The van der Waals surface area contributed by atoms with Crippen LogP contribution in [-0.2, 0) is 9.59 Å². The van der Waals surface area contributed by atoms with Crippen molar-refractivity contribution in [1.82, 2.24) is 4.90 Å². The molecule has 3 unspecified atom stereocenters. The number of carboxylic acid groups (broad SMARTS) is 1. The Hall–Kier alpha value is -1.36. The van der Waals surface area contributed by atoms with E-state index in [2.05, 4.69) is 6.07 Å². The molecule has 0 aromatic carbocycles. The summed E-state index contributed by atoms with van der Waals surface area (Å²) >= 11 is 1.68. The molecule has 2 aliphatic rings. The van der Waals surface area contributed by atoms with Gasteiger partial charge in [-0.05, 0) is 37.1 Å². The lowest BCUT2D eigenvalue weighted by Crippen LogP contribution is -2.42. The normalized spacial score (nSPS) is 29.5. The van der Waals surface area contributed by atoms with Crippen molar-refractivity contribution in [1.29, 1.82) is 0 Å². The molecule has 3 atom stereocenters. The summed E-state index contributed by atoms with van der Waals surface area (Å²) in [5, 5.41) is 11.4. The maximum Gasteiger partial charge on any atom is 0.307 e. The zero-order chi connectivity index (χ0) is 14.8. The van der Waals surface area contributed by atoms with E-state index in [0.29, 0.717) is 6.42 Å². The number of hydrogen-bond acceptors (Lipinski definition) is 3. The van der Waals surface area contributed by atoms with Gasteiger partial charge >= 0.3 is 5.97 Å². The van der Waals surface area contributed by atoms with Gasteiger partial charge in [-0.2, -0.15) is 0 Å². The highest BCUT2D eigenvalue weighted by atomic mass is 32.1. The van der Waals surface area contributed by atoms with Crippen LogP contribution < -0.4 is 0 Å². The second kappa shape index (κ2) is 6.18. The van der Waals surface area contributed by atoms with Crippen molar-refractivity contribution in [2.24, 2.45) is 11.8 Å². The van der Waals surface area contributed by atoms with Crippen LogP contribution in [0.4, 0.5) is 0 Å². The van der Waals surface area contributed by atoms with Gasteiger partial charge in [-0.3, -0.25) is 9.59 Å². The number of hydrogen-bond donors (Lipinski definition) is 1. The molecule has 2 fully saturated rings. The molecule has 1 N–H and O–H groups in total. The SMILES string of the molecule is O=C(O)C1CCCCC1C(=O)N1CCCC1c1cccs1. The van der Waals surface area contributed by atoms with Crippen LogP contribution in [0.5, 0.6) is 0 Å². The van der Waals surface area contributed by atoms with Gasteiger partial charge in [-0.15, -0.1) is 11.3 Å². The Bertz CT molecular complexity index is 514. The van der Waals surface area contributed by atoms with Gasteiger partial charge in [-0.1, -0.05) is 18.9 Å². The first-order valence-corrected chi connectivity index (χ1v) is 8.63. The second-order valence-corrected chi connectivity index (χ2v) is 7.02. The summed E-state index contributed by atoms with van der Waals surface area (Å²) < 4.78 is 0. The van der Waals surface area contributed by atoms with Crippen LogP contribution in [0.3, 0.4) is 0 Å². The fraction of sp³-hybridized carbons (Fsp3) is 0.625. The lowest BCUT2D eigenvalue weighted by atomic mass is 9.78. The molecule has 114 valence electrons. The van der Waals surface area contributed by atoms with Crippen LogP contribution in [0, 0.1) is 11.8 Å². The Labute approximate surface area is 128 Å². The molecule has 1 saturated heterocycles. The molecular formula is C16H21NO3S. The Kier molecular flexibility index (Phi) is 4.29. The lowest BCUT2D eigenvalue weighted by molar-refractivity contribution is -0.152. The lowest BCUT2D eigenvalue weighted by Gasteiger charge is -2.33. The standard InChI is InChI=1S/C16H21NO3S/c18-15(11-5-1-2-6-12(11)16(19)20)17-9-3-7-13(17)14-8-4-10-21-14/h4,8,10-13H,1-3,5-7,9H2,(H,19,20). The van der Waals surface area contributed by atoms with Gasteiger partial charge in [0.05, 0.1) is 17.9 Å². The summed E-state index contributed by atoms with van der Waals surface area (Å²) in [6, 6.07) is 4.26. The molecule has 0 spiro atoms. The predicted molar refractivity (Wildman–Crippen MR) is 81.1 cm³/mol. The minimum Gasteiger partial charge on any atom is -0.481 e. The van der Waals surface area contributed by atoms with Crippen molar-refractivity contribution >= 4 is 23.2 Å². The molecule has 0 radical (unpaired) electrons.